The van der Waals surface area contributed by atoms with E-state index < -0.39 is 0 Å². The third-order valence-corrected chi connectivity index (χ3v) is 2.44. The second-order valence-corrected chi connectivity index (χ2v) is 4.72. The minimum absolute atomic E-state index is 0.647. The second-order valence-electron chi connectivity index (χ2n) is 4.72. The summed E-state index contributed by atoms with van der Waals surface area (Å²) in [7, 11) is 0. The third kappa shape index (κ3) is 7.34. The van der Waals surface area contributed by atoms with Gasteiger partial charge in [-0.25, -0.2) is 0 Å². The van der Waals surface area contributed by atoms with Gasteiger partial charge >= 0.3 is 0 Å². The Labute approximate surface area is 89.4 Å². The van der Waals surface area contributed by atoms with Crippen LogP contribution >= 0.6 is 0 Å². The Hall–Kier alpha value is -0.0800. The highest BCUT2D eigenvalue weighted by Crippen LogP contribution is 2.10. The van der Waals surface area contributed by atoms with Crippen molar-refractivity contribution in [3.63, 3.8) is 0 Å². The van der Waals surface area contributed by atoms with E-state index in [0.29, 0.717) is 11.8 Å². The molecule has 2 heteroatoms. The minimum atomic E-state index is 0.647. The summed E-state index contributed by atoms with van der Waals surface area (Å²) >= 11 is 0. The molecule has 0 aliphatic rings. The standard InChI is InChI=1S/C12H27NO/c1-6-14-9-12(11(4)5)8-13-7-10(2)3/h10-13H,6-9H2,1-5H3. The Kier molecular flexibility index (Phi) is 8.20. The lowest BCUT2D eigenvalue weighted by molar-refractivity contribution is 0.0917. The second kappa shape index (κ2) is 8.25. The summed E-state index contributed by atoms with van der Waals surface area (Å²) in [6.07, 6.45) is 0. The van der Waals surface area contributed by atoms with Crippen molar-refractivity contribution in [1.29, 1.82) is 0 Å². The van der Waals surface area contributed by atoms with Crippen LogP contribution in [0.3, 0.4) is 0 Å². The van der Waals surface area contributed by atoms with E-state index in [-0.39, 0.29) is 0 Å². The van der Waals surface area contributed by atoms with Gasteiger partial charge in [0.1, 0.15) is 0 Å². The lowest BCUT2D eigenvalue weighted by Crippen LogP contribution is -2.31. The predicted octanol–water partition coefficient (Wildman–Crippen LogP) is 2.54. The molecule has 0 aromatic carbocycles. The van der Waals surface area contributed by atoms with E-state index in [0.717, 1.165) is 32.2 Å². The van der Waals surface area contributed by atoms with Crippen molar-refractivity contribution in [3.8, 4) is 0 Å². The molecule has 0 aliphatic heterocycles. The van der Waals surface area contributed by atoms with E-state index in [9.17, 15) is 0 Å². The highest BCUT2D eigenvalue weighted by molar-refractivity contribution is 4.66. The van der Waals surface area contributed by atoms with Crippen LogP contribution in [0.2, 0.25) is 0 Å². The van der Waals surface area contributed by atoms with Crippen LogP contribution in [-0.2, 0) is 4.74 Å². The van der Waals surface area contributed by atoms with Crippen molar-refractivity contribution < 1.29 is 4.74 Å². The van der Waals surface area contributed by atoms with Crippen molar-refractivity contribution in [2.75, 3.05) is 26.3 Å². The molecule has 0 aliphatic carbocycles. The molecule has 0 bridgehead atoms. The molecule has 0 rings (SSSR count). The van der Waals surface area contributed by atoms with Crippen LogP contribution in [0.5, 0.6) is 0 Å². The normalized spacial score (nSPS) is 13.9. The molecule has 0 saturated carbocycles. The number of hydrogen-bond acceptors (Lipinski definition) is 2. The van der Waals surface area contributed by atoms with Crippen LogP contribution in [0.25, 0.3) is 0 Å². The van der Waals surface area contributed by atoms with Gasteiger partial charge in [0.25, 0.3) is 0 Å². The van der Waals surface area contributed by atoms with Crippen LogP contribution in [0, 0.1) is 17.8 Å². The van der Waals surface area contributed by atoms with Gasteiger partial charge in [0.15, 0.2) is 0 Å². The molecule has 14 heavy (non-hydrogen) atoms. The van der Waals surface area contributed by atoms with E-state index >= 15 is 0 Å². The third-order valence-electron chi connectivity index (χ3n) is 2.44. The largest absolute Gasteiger partial charge is 0.381 e. The SMILES string of the molecule is CCOCC(CNCC(C)C)C(C)C. The first-order valence-electron chi connectivity index (χ1n) is 5.86. The Morgan fingerprint density at radius 1 is 1.07 bits per heavy atom. The fourth-order valence-corrected chi connectivity index (χ4v) is 1.31. The van der Waals surface area contributed by atoms with Crippen LogP contribution in [0.15, 0.2) is 0 Å². The molecule has 1 unspecified atom stereocenters. The number of hydrogen-bond donors (Lipinski definition) is 1. The summed E-state index contributed by atoms with van der Waals surface area (Å²) in [4.78, 5) is 0. The summed E-state index contributed by atoms with van der Waals surface area (Å²) in [6, 6.07) is 0. The molecule has 0 fully saturated rings. The van der Waals surface area contributed by atoms with Crippen molar-refractivity contribution >= 4 is 0 Å². The molecule has 0 heterocycles. The minimum Gasteiger partial charge on any atom is -0.381 e. The molecule has 86 valence electrons. The van der Waals surface area contributed by atoms with Gasteiger partial charge < -0.3 is 10.1 Å². The molecular formula is C12H27NO. The monoisotopic (exact) mass is 201 g/mol. The first-order valence-corrected chi connectivity index (χ1v) is 5.86. The Morgan fingerprint density at radius 2 is 1.71 bits per heavy atom. The van der Waals surface area contributed by atoms with Gasteiger partial charge in [-0.2, -0.15) is 0 Å². The fraction of sp³-hybridized carbons (Fsp3) is 1.00. The summed E-state index contributed by atoms with van der Waals surface area (Å²) in [5.74, 6) is 2.07. The van der Waals surface area contributed by atoms with Gasteiger partial charge in [-0.15, -0.1) is 0 Å². The average molecular weight is 201 g/mol. The highest BCUT2D eigenvalue weighted by atomic mass is 16.5. The topological polar surface area (TPSA) is 21.3 Å². The number of ether oxygens (including phenoxy) is 1. The average Bonchev–Trinajstić information content (AvgIpc) is 2.09. The highest BCUT2D eigenvalue weighted by Gasteiger charge is 2.12. The molecule has 1 atom stereocenters. The van der Waals surface area contributed by atoms with Crippen molar-refractivity contribution in [2.24, 2.45) is 17.8 Å². The molecule has 0 spiro atoms. The van der Waals surface area contributed by atoms with Gasteiger partial charge in [-0.3, -0.25) is 0 Å². The summed E-state index contributed by atoms with van der Waals surface area (Å²) in [5, 5.41) is 3.50. The number of rotatable bonds is 8. The molecule has 0 amide bonds. The van der Waals surface area contributed by atoms with Crippen LogP contribution < -0.4 is 5.32 Å². The smallest absolute Gasteiger partial charge is 0.0508 e. The van der Waals surface area contributed by atoms with Gasteiger partial charge in [0.2, 0.25) is 0 Å². The first kappa shape index (κ1) is 13.9. The first-order chi connectivity index (χ1) is 6.57. The predicted molar refractivity (Wildman–Crippen MR) is 62.5 cm³/mol. The van der Waals surface area contributed by atoms with Gasteiger partial charge in [0, 0.05) is 13.2 Å². The Balaban J connectivity index is 3.62. The molecule has 0 aromatic heterocycles. The zero-order valence-corrected chi connectivity index (χ0v) is 10.5. The number of nitrogens with one attached hydrogen (secondary N) is 1. The quantitative estimate of drug-likeness (QED) is 0.651. The van der Waals surface area contributed by atoms with E-state index in [1.54, 1.807) is 0 Å². The van der Waals surface area contributed by atoms with Crippen molar-refractivity contribution in [3.05, 3.63) is 0 Å². The zero-order valence-electron chi connectivity index (χ0n) is 10.5. The maximum atomic E-state index is 5.47. The lowest BCUT2D eigenvalue weighted by Gasteiger charge is -2.21. The molecule has 2 nitrogen and oxygen atoms in total. The van der Waals surface area contributed by atoms with Crippen molar-refractivity contribution in [1.82, 2.24) is 5.32 Å². The van der Waals surface area contributed by atoms with Gasteiger partial charge in [-0.05, 0) is 31.2 Å². The van der Waals surface area contributed by atoms with Crippen LogP contribution in [0.4, 0.5) is 0 Å². The fourth-order valence-electron chi connectivity index (χ4n) is 1.31. The van der Waals surface area contributed by atoms with Gasteiger partial charge in [-0.1, -0.05) is 27.7 Å². The molecule has 0 saturated heterocycles. The van der Waals surface area contributed by atoms with Crippen molar-refractivity contribution in [2.45, 2.75) is 34.6 Å². The maximum Gasteiger partial charge on any atom is 0.0508 e. The van der Waals surface area contributed by atoms with E-state index in [4.69, 9.17) is 4.74 Å². The lowest BCUT2D eigenvalue weighted by atomic mass is 9.96. The molecular weight excluding hydrogens is 174 g/mol. The zero-order chi connectivity index (χ0) is 11.0. The van der Waals surface area contributed by atoms with Crippen LogP contribution in [0.1, 0.15) is 34.6 Å². The molecule has 0 radical (unpaired) electrons. The summed E-state index contributed by atoms with van der Waals surface area (Å²) < 4.78 is 5.47. The molecule has 0 aromatic rings. The Morgan fingerprint density at radius 3 is 2.14 bits per heavy atom. The van der Waals surface area contributed by atoms with E-state index in [1.165, 1.54) is 0 Å². The summed E-state index contributed by atoms with van der Waals surface area (Å²) in [6.45, 7) is 15.0. The van der Waals surface area contributed by atoms with Gasteiger partial charge in [0.05, 0.1) is 6.61 Å². The molecule has 1 N–H and O–H groups in total. The maximum absolute atomic E-state index is 5.47. The summed E-state index contributed by atoms with van der Waals surface area (Å²) in [5.41, 5.74) is 0. The van der Waals surface area contributed by atoms with Crippen LogP contribution in [-0.4, -0.2) is 26.3 Å². The van der Waals surface area contributed by atoms with E-state index in [2.05, 4.69) is 39.9 Å². The van der Waals surface area contributed by atoms with E-state index in [1.807, 2.05) is 0 Å². The Bertz CT molecular complexity index is 123.